The van der Waals surface area contributed by atoms with E-state index < -0.39 is 0 Å². The molecule has 0 aromatic heterocycles. The monoisotopic (exact) mass is 211 g/mol. The fourth-order valence-corrected chi connectivity index (χ4v) is 2.93. The van der Waals surface area contributed by atoms with E-state index in [0.717, 1.165) is 11.8 Å². The van der Waals surface area contributed by atoms with Crippen molar-refractivity contribution >= 4 is 0 Å². The maximum absolute atomic E-state index is 6.55. The third-order valence-electron chi connectivity index (χ3n) is 4.26. The molecule has 2 N–H and O–H groups in total. The smallest absolute Gasteiger partial charge is 0.0180 e. The molecule has 0 aromatic rings. The van der Waals surface area contributed by atoms with Gasteiger partial charge in [-0.15, -0.1) is 0 Å². The quantitative estimate of drug-likeness (QED) is 0.748. The van der Waals surface area contributed by atoms with Crippen LogP contribution in [0.3, 0.4) is 0 Å². The Morgan fingerprint density at radius 3 is 2.53 bits per heavy atom. The van der Waals surface area contributed by atoms with Gasteiger partial charge in [0.25, 0.3) is 0 Å². The molecular weight excluding hydrogens is 182 g/mol. The zero-order chi connectivity index (χ0) is 11.5. The zero-order valence-electron chi connectivity index (χ0n) is 11.1. The van der Waals surface area contributed by atoms with Crippen molar-refractivity contribution in [1.82, 2.24) is 0 Å². The summed E-state index contributed by atoms with van der Waals surface area (Å²) in [6.07, 6.45) is 7.79. The summed E-state index contributed by atoms with van der Waals surface area (Å²) in [5.41, 5.74) is 6.71. The van der Waals surface area contributed by atoms with Crippen molar-refractivity contribution in [2.24, 2.45) is 23.5 Å². The third-order valence-corrected chi connectivity index (χ3v) is 4.26. The predicted octanol–water partition coefficient (Wildman–Crippen LogP) is 3.97. The average molecular weight is 211 g/mol. The van der Waals surface area contributed by atoms with Crippen molar-refractivity contribution in [2.75, 3.05) is 0 Å². The van der Waals surface area contributed by atoms with E-state index in [2.05, 4.69) is 27.7 Å². The highest BCUT2D eigenvalue weighted by Gasteiger charge is 2.35. The highest BCUT2D eigenvalue weighted by Crippen LogP contribution is 2.38. The largest absolute Gasteiger partial charge is 0.325 e. The van der Waals surface area contributed by atoms with E-state index in [9.17, 15) is 0 Å². The topological polar surface area (TPSA) is 26.0 Å². The Hall–Kier alpha value is -0.0400. The van der Waals surface area contributed by atoms with Crippen molar-refractivity contribution < 1.29 is 0 Å². The number of hydrogen-bond donors (Lipinski definition) is 1. The molecule has 0 aromatic carbocycles. The van der Waals surface area contributed by atoms with E-state index in [-0.39, 0.29) is 5.54 Å². The molecule has 0 spiro atoms. The van der Waals surface area contributed by atoms with E-state index >= 15 is 0 Å². The first-order valence-electron chi connectivity index (χ1n) is 6.73. The summed E-state index contributed by atoms with van der Waals surface area (Å²) in [6.45, 7) is 9.32. The lowest BCUT2D eigenvalue weighted by atomic mass is 9.68. The molecule has 3 unspecified atom stereocenters. The Kier molecular flexibility index (Phi) is 4.64. The van der Waals surface area contributed by atoms with Gasteiger partial charge in [-0.25, -0.2) is 0 Å². The van der Waals surface area contributed by atoms with Crippen LogP contribution in [-0.2, 0) is 0 Å². The Balaban J connectivity index is 2.37. The molecule has 1 fully saturated rings. The van der Waals surface area contributed by atoms with E-state index in [0.29, 0.717) is 5.92 Å². The van der Waals surface area contributed by atoms with E-state index in [1.54, 1.807) is 0 Å². The molecule has 0 heterocycles. The predicted molar refractivity (Wildman–Crippen MR) is 67.8 cm³/mol. The molecule has 90 valence electrons. The maximum Gasteiger partial charge on any atom is 0.0180 e. The minimum absolute atomic E-state index is 0.154. The Morgan fingerprint density at radius 2 is 2.00 bits per heavy atom. The van der Waals surface area contributed by atoms with Crippen LogP contribution in [0.1, 0.15) is 66.2 Å². The van der Waals surface area contributed by atoms with Crippen molar-refractivity contribution in [3.8, 4) is 0 Å². The van der Waals surface area contributed by atoms with Crippen LogP contribution in [0.25, 0.3) is 0 Å². The minimum Gasteiger partial charge on any atom is -0.325 e. The average Bonchev–Trinajstić information content (AvgIpc) is 2.12. The molecule has 1 aliphatic carbocycles. The maximum atomic E-state index is 6.55. The van der Waals surface area contributed by atoms with Gasteiger partial charge in [0.1, 0.15) is 0 Å². The molecule has 0 aliphatic heterocycles. The van der Waals surface area contributed by atoms with Crippen LogP contribution >= 0.6 is 0 Å². The molecular formula is C14H29N. The van der Waals surface area contributed by atoms with Gasteiger partial charge >= 0.3 is 0 Å². The highest BCUT2D eigenvalue weighted by molar-refractivity contribution is 4.93. The fraction of sp³-hybridized carbons (Fsp3) is 1.00. The van der Waals surface area contributed by atoms with Gasteiger partial charge in [-0.3, -0.25) is 0 Å². The molecule has 3 atom stereocenters. The summed E-state index contributed by atoms with van der Waals surface area (Å²) >= 11 is 0. The standard InChI is InChI=1S/C14H29N/c1-11(2)6-5-8-14(15)9-7-12(3)10-13(14)4/h11-13H,5-10,15H2,1-4H3. The van der Waals surface area contributed by atoms with E-state index in [4.69, 9.17) is 5.73 Å². The summed E-state index contributed by atoms with van der Waals surface area (Å²) in [4.78, 5) is 0. The Bertz CT molecular complexity index is 188. The summed E-state index contributed by atoms with van der Waals surface area (Å²) in [5.74, 6) is 2.43. The van der Waals surface area contributed by atoms with Crippen molar-refractivity contribution in [1.29, 1.82) is 0 Å². The van der Waals surface area contributed by atoms with Crippen molar-refractivity contribution in [3.05, 3.63) is 0 Å². The molecule has 15 heavy (non-hydrogen) atoms. The summed E-state index contributed by atoms with van der Waals surface area (Å²) in [6, 6.07) is 0. The summed E-state index contributed by atoms with van der Waals surface area (Å²) in [5, 5.41) is 0. The second kappa shape index (κ2) is 5.34. The van der Waals surface area contributed by atoms with Gasteiger partial charge in [-0.05, 0) is 43.4 Å². The first-order chi connectivity index (χ1) is 6.94. The van der Waals surface area contributed by atoms with Crippen LogP contribution in [0.4, 0.5) is 0 Å². The van der Waals surface area contributed by atoms with Crippen molar-refractivity contribution in [3.63, 3.8) is 0 Å². The molecule has 1 saturated carbocycles. The van der Waals surface area contributed by atoms with Gasteiger partial charge < -0.3 is 5.73 Å². The molecule has 0 amide bonds. The second-order valence-corrected chi connectivity index (χ2v) is 6.30. The number of nitrogens with two attached hydrogens (primary N) is 1. The van der Waals surface area contributed by atoms with Crippen LogP contribution in [0.15, 0.2) is 0 Å². The SMILES string of the molecule is CC(C)CCCC1(N)CCC(C)CC1C. The van der Waals surface area contributed by atoms with Gasteiger partial charge in [-0.1, -0.05) is 40.5 Å². The van der Waals surface area contributed by atoms with Crippen LogP contribution in [0.5, 0.6) is 0 Å². The molecule has 0 bridgehead atoms. The van der Waals surface area contributed by atoms with Crippen LogP contribution in [0, 0.1) is 17.8 Å². The van der Waals surface area contributed by atoms with Crippen LogP contribution in [0.2, 0.25) is 0 Å². The fourth-order valence-electron chi connectivity index (χ4n) is 2.93. The lowest BCUT2D eigenvalue weighted by Gasteiger charge is -2.42. The van der Waals surface area contributed by atoms with Gasteiger partial charge in [0.2, 0.25) is 0 Å². The number of hydrogen-bond acceptors (Lipinski definition) is 1. The molecule has 0 saturated heterocycles. The summed E-state index contributed by atoms with van der Waals surface area (Å²) in [7, 11) is 0. The normalized spacial score (nSPS) is 37.2. The van der Waals surface area contributed by atoms with Crippen LogP contribution < -0.4 is 5.73 Å². The first-order valence-corrected chi connectivity index (χ1v) is 6.73. The zero-order valence-corrected chi connectivity index (χ0v) is 11.1. The molecule has 0 radical (unpaired) electrons. The van der Waals surface area contributed by atoms with Gasteiger partial charge in [0, 0.05) is 5.54 Å². The van der Waals surface area contributed by atoms with Gasteiger partial charge in [0.15, 0.2) is 0 Å². The Labute approximate surface area is 95.8 Å². The molecule has 1 aliphatic rings. The number of rotatable bonds is 4. The van der Waals surface area contributed by atoms with E-state index in [1.165, 1.54) is 38.5 Å². The van der Waals surface area contributed by atoms with Crippen molar-refractivity contribution in [2.45, 2.75) is 71.8 Å². The molecule has 1 rings (SSSR count). The molecule has 1 heteroatoms. The van der Waals surface area contributed by atoms with Gasteiger partial charge in [0.05, 0.1) is 0 Å². The summed E-state index contributed by atoms with van der Waals surface area (Å²) < 4.78 is 0. The lowest BCUT2D eigenvalue weighted by Crippen LogP contribution is -2.49. The van der Waals surface area contributed by atoms with Crippen LogP contribution in [-0.4, -0.2) is 5.54 Å². The highest BCUT2D eigenvalue weighted by atomic mass is 14.8. The lowest BCUT2D eigenvalue weighted by molar-refractivity contribution is 0.149. The van der Waals surface area contributed by atoms with E-state index in [1.807, 2.05) is 0 Å². The third kappa shape index (κ3) is 3.79. The minimum atomic E-state index is 0.154. The first kappa shape index (κ1) is 13.0. The van der Waals surface area contributed by atoms with Gasteiger partial charge in [-0.2, -0.15) is 0 Å². The second-order valence-electron chi connectivity index (χ2n) is 6.30. The molecule has 1 nitrogen and oxygen atoms in total. The Morgan fingerprint density at radius 1 is 1.33 bits per heavy atom.